The van der Waals surface area contributed by atoms with Crippen LogP contribution in [0.3, 0.4) is 0 Å². The number of rotatable bonds is 6. The Morgan fingerprint density at radius 2 is 1.70 bits per heavy atom. The second kappa shape index (κ2) is 7.71. The molecule has 0 bridgehead atoms. The molecule has 0 amide bonds. The van der Waals surface area contributed by atoms with Crippen molar-refractivity contribution in [3.05, 3.63) is 71.5 Å². The number of phenols is 1. The molecule has 0 saturated heterocycles. The van der Waals surface area contributed by atoms with Crippen LogP contribution in [0.25, 0.3) is 5.69 Å². The molecule has 2 aromatic carbocycles. The van der Waals surface area contributed by atoms with Gasteiger partial charge in [0.2, 0.25) is 0 Å². The Labute approximate surface area is 154 Å². The molecule has 1 aromatic heterocycles. The number of methoxy groups -OCH3 is 1. The topological polar surface area (TPSA) is 59.3 Å². The van der Waals surface area contributed by atoms with E-state index in [9.17, 15) is 18.3 Å². The highest BCUT2D eigenvalue weighted by Crippen LogP contribution is 2.28. The fourth-order valence-electron chi connectivity index (χ4n) is 2.58. The summed E-state index contributed by atoms with van der Waals surface area (Å²) in [7, 11) is 1.49. The minimum absolute atomic E-state index is 0.0820. The first-order valence-electron chi connectivity index (χ1n) is 8.15. The molecule has 27 heavy (non-hydrogen) atoms. The lowest BCUT2D eigenvalue weighted by Gasteiger charge is -2.09. The third kappa shape index (κ3) is 4.59. The number of hydrogen-bond donors (Lipinski definition) is 2. The molecule has 5 nitrogen and oxygen atoms in total. The maximum Gasteiger partial charge on any atom is 0.435 e. The zero-order valence-electron chi connectivity index (χ0n) is 14.5. The molecule has 0 aliphatic heterocycles. The van der Waals surface area contributed by atoms with Gasteiger partial charge in [-0.2, -0.15) is 18.3 Å². The van der Waals surface area contributed by atoms with E-state index in [-0.39, 0.29) is 5.75 Å². The number of halogens is 3. The van der Waals surface area contributed by atoms with E-state index in [1.807, 2.05) is 18.2 Å². The zero-order valence-corrected chi connectivity index (χ0v) is 14.5. The quantitative estimate of drug-likeness (QED) is 0.684. The van der Waals surface area contributed by atoms with Gasteiger partial charge < -0.3 is 15.2 Å². The van der Waals surface area contributed by atoms with Gasteiger partial charge in [-0.1, -0.05) is 18.2 Å². The van der Waals surface area contributed by atoms with Gasteiger partial charge in [-0.05, 0) is 41.5 Å². The van der Waals surface area contributed by atoms with Gasteiger partial charge in [0.15, 0.2) is 17.2 Å². The highest BCUT2D eigenvalue weighted by Gasteiger charge is 2.33. The first-order chi connectivity index (χ1) is 12.9. The van der Waals surface area contributed by atoms with Crippen LogP contribution in [0.1, 0.15) is 16.8 Å². The molecular formula is C19H18F3N3O2. The Morgan fingerprint density at radius 1 is 1.04 bits per heavy atom. The number of alkyl halides is 3. The Balaban J connectivity index is 1.58. The van der Waals surface area contributed by atoms with Gasteiger partial charge in [-0.25, -0.2) is 4.68 Å². The van der Waals surface area contributed by atoms with Crippen LogP contribution in [0.15, 0.2) is 54.7 Å². The molecule has 3 aromatic rings. The number of aromatic hydroxyl groups is 1. The van der Waals surface area contributed by atoms with E-state index >= 15 is 0 Å². The van der Waals surface area contributed by atoms with E-state index in [2.05, 4.69) is 10.4 Å². The van der Waals surface area contributed by atoms with Crippen LogP contribution < -0.4 is 10.1 Å². The molecule has 0 spiro atoms. The Kier molecular flexibility index (Phi) is 5.36. The van der Waals surface area contributed by atoms with Crippen LogP contribution in [0.2, 0.25) is 0 Å². The fraction of sp³-hybridized carbons (Fsp3) is 0.211. The van der Waals surface area contributed by atoms with Crippen molar-refractivity contribution in [3.8, 4) is 17.2 Å². The standard InChI is InChI=1S/C19H18F3N3O2/c1-27-17-7-4-14(10-16(17)26)12-23-11-13-2-5-15(6-3-13)25-9-8-18(24-25)19(20,21)22/h2-10,23,26H,11-12H2,1H3. The van der Waals surface area contributed by atoms with Crippen molar-refractivity contribution in [2.24, 2.45) is 0 Å². The maximum atomic E-state index is 12.6. The fourth-order valence-corrected chi connectivity index (χ4v) is 2.58. The second-order valence-electron chi connectivity index (χ2n) is 5.92. The number of benzene rings is 2. The molecule has 8 heteroatoms. The summed E-state index contributed by atoms with van der Waals surface area (Å²) in [6.07, 6.45) is -3.17. The SMILES string of the molecule is COc1ccc(CNCc2ccc(-n3ccc(C(F)(F)F)n3)cc2)cc1O. The number of aromatic nitrogens is 2. The first kappa shape index (κ1) is 18.8. The molecule has 0 radical (unpaired) electrons. The number of phenolic OH excluding ortho intramolecular Hbond substituents is 1. The van der Waals surface area contributed by atoms with Crippen molar-refractivity contribution in [3.63, 3.8) is 0 Å². The van der Waals surface area contributed by atoms with Crippen molar-refractivity contribution in [1.82, 2.24) is 15.1 Å². The molecule has 142 valence electrons. The van der Waals surface area contributed by atoms with E-state index in [4.69, 9.17) is 4.74 Å². The van der Waals surface area contributed by atoms with E-state index in [1.54, 1.807) is 24.3 Å². The molecule has 0 aliphatic carbocycles. The maximum absolute atomic E-state index is 12.6. The van der Waals surface area contributed by atoms with Crippen molar-refractivity contribution < 1.29 is 23.0 Å². The van der Waals surface area contributed by atoms with Crippen LogP contribution in [0.4, 0.5) is 13.2 Å². The van der Waals surface area contributed by atoms with Crippen molar-refractivity contribution in [2.45, 2.75) is 19.3 Å². The van der Waals surface area contributed by atoms with Gasteiger partial charge >= 0.3 is 6.18 Å². The van der Waals surface area contributed by atoms with Crippen LogP contribution in [-0.2, 0) is 19.3 Å². The lowest BCUT2D eigenvalue weighted by molar-refractivity contribution is -0.141. The lowest BCUT2D eigenvalue weighted by atomic mass is 10.1. The Bertz CT molecular complexity index is 905. The molecule has 0 aliphatic rings. The summed E-state index contributed by atoms with van der Waals surface area (Å²) in [4.78, 5) is 0. The van der Waals surface area contributed by atoms with Crippen LogP contribution >= 0.6 is 0 Å². The molecular weight excluding hydrogens is 359 g/mol. The summed E-state index contributed by atoms with van der Waals surface area (Å²) in [5, 5.41) is 16.6. The van der Waals surface area contributed by atoms with E-state index in [0.717, 1.165) is 17.2 Å². The monoisotopic (exact) mass is 377 g/mol. The predicted molar refractivity (Wildman–Crippen MR) is 93.8 cm³/mol. The summed E-state index contributed by atoms with van der Waals surface area (Å²) < 4.78 is 44.1. The highest BCUT2D eigenvalue weighted by molar-refractivity contribution is 5.41. The van der Waals surface area contributed by atoms with Crippen LogP contribution in [0, 0.1) is 0 Å². The van der Waals surface area contributed by atoms with Gasteiger partial charge in [0.1, 0.15) is 0 Å². The lowest BCUT2D eigenvalue weighted by Crippen LogP contribution is -2.12. The normalized spacial score (nSPS) is 11.6. The first-order valence-corrected chi connectivity index (χ1v) is 8.15. The summed E-state index contributed by atoms with van der Waals surface area (Å²) in [5.74, 6) is 0.500. The Morgan fingerprint density at radius 3 is 2.30 bits per heavy atom. The van der Waals surface area contributed by atoms with Crippen LogP contribution in [0.5, 0.6) is 11.5 Å². The molecule has 1 heterocycles. The van der Waals surface area contributed by atoms with E-state index in [1.165, 1.54) is 18.0 Å². The molecule has 3 rings (SSSR count). The van der Waals surface area contributed by atoms with Crippen molar-refractivity contribution in [1.29, 1.82) is 0 Å². The largest absolute Gasteiger partial charge is 0.504 e. The van der Waals surface area contributed by atoms with Crippen LogP contribution in [-0.4, -0.2) is 22.0 Å². The Hall–Kier alpha value is -3.00. The van der Waals surface area contributed by atoms with E-state index in [0.29, 0.717) is 24.5 Å². The second-order valence-corrected chi connectivity index (χ2v) is 5.92. The summed E-state index contributed by atoms with van der Waals surface area (Å²) in [6, 6.07) is 13.2. The zero-order chi connectivity index (χ0) is 19.4. The van der Waals surface area contributed by atoms with Crippen molar-refractivity contribution in [2.75, 3.05) is 7.11 Å². The average molecular weight is 377 g/mol. The summed E-state index contributed by atoms with van der Waals surface area (Å²) in [6.45, 7) is 1.12. The number of ether oxygens (including phenoxy) is 1. The molecule has 0 fully saturated rings. The van der Waals surface area contributed by atoms with Gasteiger partial charge in [-0.3, -0.25) is 0 Å². The average Bonchev–Trinajstić information content (AvgIpc) is 3.13. The number of nitrogens with zero attached hydrogens (tertiary/aromatic N) is 2. The number of hydrogen-bond acceptors (Lipinski definition) is 4. The molecule has 0 unspecified atom stereocenters. The van der Waals surface area contributed by atoms with Crippen molar-refractivity contribution >= 4 is 0 Å². The third-order valence-corrected chi connectivity index (χ3v) is 3.98. The molecule has 0 saturated carbocycles. The van der Waals surface area contributed by atoms with Gasteiger partial charge in [0.05, 0.1) is 12.8 Å². The van der Waals surface area contributed by atoms with Gasteiger partial charge in [-0.15, -0.1) is 0 Å². The van der Waals surface area contributed by atoms with Gasteiger partial charge in [0, 0.05) is 19.3 Å². The third-order valence-electron chi connectivity index (χ3n) is 3.98. The predicted octanol–water partition coefficient (Wildman–Crippen LogP) is 3.90. The van der Waals surface area contributed by atoms with E-state index < -0.39 is 11.9 Å². The minimum Gasteiger partial charge on any atom is -0.504 e. The number of nitrogens with one attached hydrogen (secondary N) is 1. The highest BCUT2D eigenvalue weighted by atomic mass is 19.4. The minimum atomic E-state index is -4.45. The molecule has 2 N–H and O–H groups in total. The van der Waals surface area contributed by atoms with Gasteiger partial charge in [0.25, 0.3) is 0 Å². The molecule has 0 atom stereocenters. The summed E-state index contributed by atoms with van der Waals surface area (Å²) in [5.41, 5.74) is 1.51. The summed E-state index contributed by atoms with van der Waals surface area (Å²) >= 11 is 0. The smallest absolute Gasteiger partial charge is 0.435 e.